The third kappa shape index (κ3) is 2.19. The highest BCUT2D eigenvalue weighted by Gasteiger charge is 2.34. The van der Waals surface area contributed by atoms with Crippen LogP contribution >= 0.6 is 15.9 Å². The number of rotatable bonds is 2. The Morgan fingerprint density at radius 1 is 1.56 bits per heavy atom. The summed E-state index contributed by atoms with van der Waals surface area (Å²) in [4.78, 5) is 17.5. The molecule has 2 heterocycles. The fourth-order valence-corrected chi connectivity index (χ4v) is 1.87. The third-order valence-corrected chi connectivity index (χ3v) is 3.01. The van der Waals surface area contributed by atoms with Gasteiger partial charge >= 0.3 is 6.09 Å². The molecule has 0 spiro atoms. The van der Waals surface area contributed by atoms with Crippen molar-refractivity contribution in [3.63, 3.8) is 0 Å². The van der Waals surface area contributed by atoms with E-state index in [0.717, 1.165) is 10.2 Å². The summed E-state index contributed by atoms with van der Waals surface area (Å²) >= 11 is 3.32. The lowest BCUT2D eigenvalue weighted by atomic mass is 10.2. The van der Waals surface area contributed by atoms with Crippen LogP contribution in [0.5, 0.6) is 0 Å². The standard InChI is InChI=1S/C11H13BrN2O2/c1-7(2)14-6-10(16-11(14)15)9-4-3-8(12)5-13-9/h3-5,7,10H,6H2,1-2H3. The lowest BCUT2D eigenvalue weighted by Gasteiger charge is -2.16. The van der Waals surface area contributed by atoms with Crippen molar-refractivity contribution in [2.75, 3.05) is 6.54 Å². The van der Waals surface area contributed by atoms with E-state index in [1.165, 1.54) is 0 Å². The molecule has 1 aliphatic heterocycles. The molecule has 1 aromatic rings. The number of cyclic esters (lactones) is 1. The van der Waals surface area contributed by atoms with Crippen LogP contribution in [0.15, 0.2) is 22.8 Å². The lowest BCUT2D eigenvalue weighted by Crippen LogP contribution is -2.31. The molecule has 5 heteroatoms. The van der Waals surface area contributed by atoms with Crippen LogP contribution in [0.2, 0.25) is 0 Å². The van der Waals surface area contributed by atoms with Gasteiger partial charge in [-0.3, -0.25) is 4.98 Å². The molecule has 0 aromatic carbocycles. The van der Waals surface area contributed by atoms with Gasteiger partial charge in [-0.05, 0) is 41.9 Å². The predicted molar refractivity (Wildman–Crippen MR) is 63.0 cm³/mol. The summed E-state index contributed by atoms with van der Waals surface area (Å²) in [5.41, 5.74) is 0.791. The number of carbonyl (C=O) groups excluding carboxylic acids is 1. The molecular weight excluding hydrogens is 272 g/mol. The predicted octanol–water partition coefficient (Wildman–Crippen LogP) is 2.75. The molecule has 1 atom stereocenters. The molecule has 1 aromatic heterocycles. The number of hydrogen-bond acceptors (Lipinski definition) is 3. The highest BCUT2D eigenvalue weighted by atomic mass is 79.9. The number of ether oxygens (including phenoxy) is 1. The second-order valence-electron chi connectivity index (χ2n) is 4.02. The number of aromatic nitrogens is 1. The number of carbonyl (C=O) groups is 1. The molecule has 1 amide bonds. The second-order valence-corrected chi connectivity index (χ2v) is 4.94. The zero-order valence-electron chi connectivity index (χ0n) is 9.18. The van der Waals surface area contributed by atoms with Crippen LogP contribution in [0.3, 0.4) is 0 Å². The van der Waals surface area contributed by atoms with Crippen molar-refractivity contribution >= 4 is 22.0 Å². The number of hydrogen-bond donors (Lipinski definition) is 0. The summed E-state index contributed by atoms with van der Waals surface area (Å²) in [7, 11) is 0. The summed E-state index contributed by atoms with van der Waals surface area (Å²) < 4.78 is 6.19. The van der Waals surface area contributed by atoms with Crippen LogP contribution in [-0.4, -0.2) is 28.6 Å². The third-order valence-electron chi connectivity index (χ3n) is 2.54. The van der Waals surface area contributed by atoms with Gasteiger partial charge in [0.2, 0.25) is 0 Å². The SMILES string of the molecule is CC(C)N1CC(c2ccc(Br)cn2)OC1=O. The summed E-state index contributed by atoms with van der Waals surface area (Å²) in [6.45, 7) is 4.52. The molecule has 0 N–H and O–H groups in total. The highest BCUT2D eigenvalue weighted by Crippen LogP contribution is 2.26. The van der Waals surface area contributed by atoms with Gasteiger partial charge in [0.25, 0.3) is 0 Å². The van der Waals surface area contributed by atoms with E-state index >= 15 is 0 Å². The quantitative estimate of drug-likeness (QED) is 0.839. The molecule has 0 bridgehead atoms. The molecule has 4 nitrogen and oxygen atoms in total. The molecule has 2 rings (SSSR count). The topological polar surface area (TPSA) is 42.4 Å². The van der Waals surface area contributed by atoms with E-state index in [-0.39, 0.29) is 18.2 Å². The zero-order chi connectivity index (χ0) is 11.7. The minimum absolute atomic E-state index is 0.160. The van der Waals surface area contributed by atoms with Crippen molar-refractivity contribution in [1.29, 1.82) is 0 Å². The lowest BCUT2D eigenvalue weighted by molar-refractivity contribution is 0.128. The first-order valence-electron chi connectivity index (χ1n) is 5.16. The maximum atomic E-state index is 11.5. The fourth-order valence-electron chi connectivity index (χ4n) is 1.63. The Morgan fingerprint density at radius 2 is 2.31 bits per heavy atom. The van der Waals surface area contributed by atoms with E-state index in [2.05, 4.69) is 20.9 Å². The molecule has 1 fully saturated rings. The normalized spacial score (nSPS) is 20.4. The van der Waals surface area contributed by atoms with Gasteiger partial charge in [-0.25, -0.2) is 4.79 Å². The molecule has 0 saturated carbocycles. The van der Waals surface area contributed by atoms with Crippen LogP contribution in [0.4, 0.5) is 4.79 Å². The Kier molecular flexibility index (Phi) is 3.14. The van der Waals surface area contributed by atoms with Crippen molar-refractivity contribution in [2.24, 2.45) is 0 Å². The number of amides is 1. The second kappa shape index (κ2) is 4.41. The number of halogens is 1. The minimum atomic E-state index is -0.260. The molecule has 0 aliphatic carbocycles. The average molecular weight is 285 g/mol. The summed E-state index contributed by atoms with van der Waals surface area (Å²) in [5.74, 6) is 0. The van der Waals surface area contributed by atoms with Crippen molar-refractivity contribution in [3.8, 4) is 0 Å². The summed E-state index contributed by atoms with van der Waals surface area (Å²) in [6, 6.07) is 3.92. The van der Waals surface area contributed by atoms with Crippen molar-refractivity contribution < 1.29 is 9.53 Å². The largest absolute Gasteiger partial charge is 0.438 e. The molecule has 16 heavy (non-hydrogen) atoms. The maximum absolute atomic E-state index is 11.5. The average Bonchev–Trinajstić information content (AvgIpc) is 2.61. The molecule has 0 radical (unpaired) electrons. The van der Waals surface area contributed by atoms with Gasteiger partial charge in [0.1, 0.15) is 0 Å². The van der Waals surface area contributed by atoms with E-state index in [0.29, 0.717) is 6.54 Å². The first-order valence-corrected chi connectivity index (χ1v) is 5.96. The Labute approximate surface area is 103 Å². The Morgan fingerprint density at radius 3 is 2.81 bits per heavy atom. The van der Waals surface area contributed by atoms with Gasteiger partial charge in [-0.15, -0.1) is 0 Å². The van der Waals surface area contributed by atoms with E-state index in [1.807, 2.05) is 26.0 Å². The van der Waals surface area contributed by atoms with Crippen LogP contribution in [0, 0.1) is 0 Å². The van der Waals surface area contributed by atoms with Crippen molar-refractivity contribution in [1.82, 2.24) is 9.88 Å². The van der Waals surface area contributed by atoms with Gasteiger partial charge in [-0.2, -0.15) is 0 Å². The molecule has 1 unspecified atom stereocenters. The Bertz CT molecular complexity index is 391. The molecular formula is C11H13BrN2O2. The van der Waals surface area contributed by atoms with Crippen LogP contribution < -0.4 is 0 Å². The first kappa shape index (κ1) is 11.4. The van der Waals surface area contributed by atoms with E-state index in [1.54, 1.807) is 11.1 Å². The van der Waals surface area contributed by atoms with Gasteiger partial charge in [0, 0.05) is 16.7 Å². The zero-order valence-corrected chi connectivity index (χ0v) is 10.8. The summed E-state index contributed by atoms with van der Waals surface area (Å²) in [6.07, 6.45) is 1.20. The number of nitrogens with zero attached hydrogens (tertiary/aromatic N) is 2. The molecule has 86 valence electrons. The Hall–Kier alpha value is -1.10. The Balaban J connectivity index is 2.13. The van der Waals surface area contributed by atoms with Gasteiger partial charge in [0.05, 0.1) is 12.2 Å². The van der Waals surface area contributed by atoms with Crippen LogP contribution in [0.1, 0.15) is 25.6 Å². The monoisotopic (exact) mass is 284 g/mol. The first-order chi connectivity index (χ1) is 7.58. The van der Waals surface area contributed by atoms with Gasteiger partial charge in [-0.1, -0.05) is 0 Å². The molecule has 1 saturated heterocycles. The van der Waals surface area contributed by atoms with Gasteiger partial charge in [0.15, 0.2) is 6.10 Å². The number of pyridine rings is 1. The maximum Gasteiger partial charge on any atom is 0.410 e. The van der Waals surface area contributed by atoms with E-state index in [9.17, 15) is 4.79 Å². The minimum Gasteiger partial charge on any atom is -0.438 e. The highest BCUT2D eigenvalue weighted by molar-refractivity contribution is 9.10. The van der Waals surface area contributed by atoms with Crippen molar-refractivity contribution in [2.45, 2.75) is 26.0 Å². The fraction of sp³-hybridized carbons (Fsp3) is 0.455. The molecule has 1 aliphatic rings. The van der Waals surface area contributed by atoms with E-state index < -0.39 is 0 Å². The van der Waals surface area contributed by atoms with Crippen LogP contribution in [-0.2, 0) is 4.74 Å². The smallest absolute Gasteiger partial charge is 0.410 e. The van der Waals surface area contributed by atoms with Crippen molar-refractivity contribution in [3.05, 3.63) is 28.5 Å². The summed E-state index contributed by atoms with van der Waals surface area (Å²) in [5, 5.41) is 0. The van der Waals surface area contributed by atoms with Gasteiger partial charge < -0.3 is 9.64 Å². The van der Waals surface area contributed by atoms with Crippen LogP contribution in [0.25, 0.3) is 0 Å². The van der Waals surface area contributed by atoms with E-state index in [4.69, 9.17) is 4.74 Å².